The van der Waals surface area contributed by atoms with Gasteiger partial charge in [-0.15, -0.1) is 6.58 Å². The molecule has 0 bridgehead atoms. The summed E-state index contributed by atoms with van der Waals surface area (Å²) in [5.41, 5.74) is 2.08. The van der Waals surface area contributed by atoms with Gasteiger partial charge in [-0.25, -0.2) is 0 Å². The minimum Gasteiger partial charge on any atom is -0.377 e. The first-order chi connectivity index (χ1) is 7.07. The van der Waals surface area contributed by atoms with Crippen LogP contribution in [0.25, 0.3) is 0 Å². The van der Waals surface area contributed by atoms with Gasteiger partial charge in [0.15, 0.2) is 0 Å². The van der Waals surface area contributed by atoms with Crippen LogP contribution < -0.4 is 0 Å². The molecule has 0 N–H and O–H groups in total. The molecule has 0 radical (unpaired) electrons. The molecule has 0 saturated heterocycles. The Labute approximate surface area is 93.2 Å². The van der Waals surface area contributed by atoms with Crippen molar-refractivity contribution in [2.75, 3.05) is 13.2 Å². The van der Waals surface area contributed by atoms with E-state index in [2.05, 4.69) is 33.4 Å². The number of hydrogen-bond acceptors (Lipinski definition) is 1. The number of hydrogen-bond donors (Lipinski definition) is 0. The van der Waals surface area contributed by atoms with Crippen molar-refractivity contribution >= 4 is 0 Å². The van der Waals surface area contributed by atoms with Crippen LogP contribution in [0.15, 0.2) is 24.3 Å². The Balaban J connectivity index is 1.91. The van der Waals surface area contributed by atoms with Gasteiger partial charge in [0.25, 0.3) is 0 Å². The van der Waals surface area contributed by atoms with E-state index in [1.807, 2.05) is 6.08 Å². The molecule has 3 atom stereocenters. The van der Waals surface area contributed by atoms with Crippen LogP contribution in [-0.2, 0) is 4.74 Å². The van der Waals surface area contributed by atoms with Gasteiger partial charge in [-0.05, 0) is 30.6 Å². The molecule has 0 heterocycles. The van der Waals surface area contributed by atoms with Crippen LogP contribution in [0.3, 0.4) is 0 Å². The summed E-state index contributed by atoms with van der Waals surface area (Å²) in [6.07, 6.45) is 5.62. The first-order valence-electron chi connectivity index (χ1n) is 5.94. The Morgan fingerprint density at radius 1 is 1.60 bits per heavy atom. The number of rotatable bonds is 4. The standard InChI is InChI=1S/C14H22O/c1-5-6-15-9-11-8-13-12(7-10(11)2)14(13,3)4/h5,7,11-13H,1,6,8-9H2,2-4H3. The van der Waals surface area contributed by atoms with E-state index in [9.17, 15) is 0 Å². The van der Waals surface area contributed by atoms with E-state index in [4.69, 9.17) is 4.74 Å². The van der Waals surface area contributed by atoms with Gasteiger partial charge in [-0.2, -0.15) is 0 Å². The van der Waals surface area contributed by atoms with Crippen LogP contribution >= 0.6 is 0 Å². The van der Waals surface area contributed by atoms with Crippen molar-refractivity contribution in [1.82, 2.24) is 0 Å². The quantitative estimate of drug-likeness (QED) is 0.506. The molecule has 15 heavy (non-hydrogen) atoms. The molecule has 84 valence electrons. The number of fused-ring (bicyclic) bond motifs is 1. The van der Waals surface area contributed by atoms with Crippen molar-refractivity contribution in [2.24, 2.45) is 23.2 Å². The zero-order valence-corrected chi connectivity index (χ0v) is 10.1. The van der Waals surface area contributed by atoms with E-state index in [-0.39, 0.29) is 0 Å². The third-order valence-electron chi connectivity index (χ3n) is 4.32. The molecule has 1 nitrogen and oxygen atoms in total. The van der Waals surface area contributed by atoms with Gasteiger partial charge in [-0.1, -0.05) is 31.6 Å². The van der Waals surface area contributed by atoms with Gasteiger partial charge in [0.2, 0.25) is 0 Å². The van der Waals surface area contributed by atoms with Crippen LogP contribution in [0, 0.1) is 23.2 Å². The van der Waals surface area contributed by atoms with E-state index >= 15 is 0 Å². The second-order valence-corrected chi connectivity index (χ2v) is 5.62. The highest BCUT2D eigenvalue weighted by molar-refractivity contribution is 5.24. The summed E-state index contributed by atoms with van der Waals surface area (Å²) in [6, 6.07) is 0. The maximum atomic E-state index is 5.57. The maximum Gasteiger partial charge on any atom is 0.0645 e. The minimum absolute atomic E-state index is 0.550. The fourth-order valence-corrected chi connectivity index (χ4v) is 2.97. The molecule has 0 spiro atoms. The molecule has 3 unspecified atom stereocenters. The largest absolute Gasteiger partial charge is 0.377 e. The predicted octanol–water partition coefficient (Wildman–Crippen LogP) is 3.43. The molecule has 1 heteroatoms. The second-order valence-electron chi connectivity index (χ2n) is 5.62. The molecule has 0 aromatic carbocycles. The molecule has 0 aliphatic heterocycles. The summed E-state index contributed by atoms with van der Waals surface area (Å²) >= 11 is 0. The first kappa shape index (κ1) is 10.9. The Morgan fingerprint density at radius 3 is 3.00 bits per heavy atom. The lowest BCUT2D eigenvalue weighted by Gasteiger charge is -2.21. The highest BCUT2D eigenvalue weighted by atomic mass is 16.5. The molecular formula is C14H22O. The predicted molar refractivity (Wildman–Crippen MR) is 63.6 cm³/mol. The van der Waals surface area contributed by atoms with Gasteiger partial charge in [0, 0.05) is 5.92 Å². The molecule has 0 aromatic heterocycles. The SMILES string of the molecule is C=CCOCC1CC2C(C=C1C)C2(C)C. The van der Waals surface area contributed by atoms with E-state index in [1.165, 1.54) is 12.0 Å². The van der Waals surface area contributed by atoms with Gasteiger partial charge in [0.05, 0.1) is 13.2 Å². The van der Waals surface area contributed by atoms with Gasteiger partial charge in [-0.3, -0.25) is 0 Å². The fraction of sp³-hybridized carbons (Fsp3) is 0.714. The summed E-state index contributed by atoms with van der Waals surface area (Å²) in [5.74, 6) is 2.39. The van der Waals surface area contributed by atoms with Crippen molar-refractivity contribution in [2.45, 2.75) is 27.2 Å². The molecule has 1 fully saturated rings. The lowest BCUT2D eigenvalue weighted by Crippen LogP contribution is -2.15. The van der Waals surface area contributed by atoms with E-state index in [0.717, 1.165) is 18.4 Å². The zero-order chi connectivity index (χ0) is 11.1. The van der Waals surface area contributed by atoms with Crippen LogP contribution in [0.5, 0.6) is 0 Å². The summed E-state index contributed by atoms with van der Waals surface area (Å²) < 4.78 is 5.57. The third kappa shape index (κ3) is 1.90. The maximum absolute atomic E-state index is 5.57. The second kappa shape index (κ2) is 3.79. The van der Waals surface area contributed by atoms with Crippen LogP contribution in [0.1, 0.15) is 27.2 Å². The molecule has 2 aliphatic carbocycles. The Bertz CT molecular complexity index is 288. The van der Waals surface area contributed by atoms with Crippen molar-refractivity contribution in [3.63, 3.8) is 0 Å². The molecule has 2 rings (SSSR count). The number of allylic oxidation sites excluding steroid dienone is 1. The van der Waals surface area contributed by atoms with Gasteiger partial charge >= 0.3 is 0 Å². The van der Waals surface area contributed by atoms with E-state index < -0.39 is 0 Å². The average molecular weight is 206 g/mol. The van der Waals surface area contributed by atoms with Crippen molar-refractivity contribution in [3.05, 3.63) is 24.3 Å². The Morgan fingerprint density at radius 2 is 2.33 bits per heavy atom. The summed E-state index contributed by atoms with van der Waals surface area (Å²) in [6.45, 7) is 12.3. The van der Waals surface area contributed by atoms with E-state index in [0.29, 0.717) is 17.9 Å². The monoisotopic (exact) mass is 206 g/mol. The highest BCUT2D eigenvalue weighted by Gasteiger charge is 2.58. The molecule has 2 aliphatic rings. The lowest BCUT2D eigenvalue weighted by atomic mass is 9.89. The minimum atomic E-state index is 0.550. The van der Waals surface area contributed by atoms with Crippen molar-refractivity contribution in [1.29, 1.82) is 0 Å². The fourth-order valence-electron chi connectivity index (χ4n) is 2.97. The molecule has 0 amide bonds. The van der Waals surface area contributed by atoms with E-state index in [1.54, 1.807) is 0 Å². The smallest absolute Gasteiger partial charge is 0.0645 e. The van der Waals surface area contributed by atoms with Gasteiger partial charge in [0.1, 0.15) is 0 Å². The number of ether oxygens (including phenoxy) is 1. The van der Waals surface area contributed by atoms with Crippen molar-refractivity contribution in [3.8, 4) is 0 Å². The lowest BCUT2D eigenvalue weighted by molar-refractivity contribution is 0.126. The summed E-state index contributed by atoms with van der Waals surface area (Å²) in [5, 5.41) is 0. The molecule has 1 saturated carbocycles. The summed E-state index contributed by atoms with van der Waals surface area (Å²) in [7, 11) is 0. The Kier molecular flexibility index (Phi) is 2.76. The highest BCUT2D eigenvalue weighted by Crippen LogP contribution is 2.64. The van der Waals surface area contributed by atoms with Crippen LogP contribution in [-0.4, -0.2) is 13.2 Å². The third-order valence-corrected chi connectivity index (χ3v) is 4.32. The summed E-state index contributed by atoms with van der Waals surface area (Å²) in [4.78, 5) is 0. The Hall–Kier alpha value is -0.560. The van der Waals surface area contributed by atoms with Crippen LogP contribution in [0.2, 0.25) is 0 Å². The van der Waals surface area contributed by atoms with Crippen molar-refractivity contribution < 1.29 is 4.74 Å². The van der Waals surface area contributed by atoms with Gasteiger partial charge < -0.3 is 4.74 Å². The molecular weight excluding hydrogens is 184 g/mol. The topological polar surface area (TPSA) is 9.23 Å². The average Bonchev–Trinajstić information content (AvgIpc) is 2.69. The zero-order valence-electron chi connectivity index (χ0n) is 10.1. The molecule has 0 aromatic rings. The first-order valence-corrected chi connectivity index (χ1v) is 5.94. The van der Waals surface area contributed by atoms with Crippen LogP contribution in [0.4, 0.5) is 0 Å². The normalized spacial score (nSPS) is 36.7.